The fourth-order valence-electron chi connectivity index (χ4n) is 2.73. The van der Waals surface area contributed by atoms with Crippen molar-refractivity contribution in [3.05, 3.63) is 70.0 Å². The Bertz CT molecular complexity index is 1050. The molecule has 1 aromatic carbocycles. The van der Waals surface area contributed by atoms with Crippen molar-refractivity contribution < 1.29 is 18.9 Å². The van der Waals surface area contributed by atoms with Crippen LogP contribution in [0.2, 0.25) is 0 Å². The van der Waals surface area contributed by atoms with Gasteiger partial charge < -0.3 is 4.42 Å². The number of furan rings is 1. The average Bonchev–Trinajstić information content (AvgIpc) is 3.10. The van der Waals surface area contributed by atoms with Crippen molar-refractivity contribution in [1.82, 2.24) is 10.2 Å². The number of carbonyl (C=O) groups is 2. The second kappa shape index (κ2) is 7.57. The maximum Gasteiger partial charge on any atom is 0.272 e. The summed E-state index contributed by atoms with van der Waals surface area (Å²) in [5, 5.41) is 13.4. The molecular weight excluding hydrogens is 382 g/mol. The van der Waals surface area contributed by atoms with E-state index in [1.54, 1.807) is 31.2 Å². The molecule has 0 saturated carbocycles. The second-order valence-electron chi connectivity index (χ2n) is 5.98. The molecule has 8 nitrogen and oxygen atoms in total. The van der Waals surface area contributed by atoms with E-state index in [0.29, 0.717) is 16.9 Å². The van der Waals surface area contributed by atoms with Crippen molar-refractivity contribution in [3.8, 4) is 11.3 Å². The molecular formula is C19H15N3O5S. The topological polar surface area (TPSA) is 106 Å². The van der Waals surface area contributed by atoms with E-state index in [9.17, 15) is 19.7 Å². The molecule has 0 radical (unpaired) electrons. The number of rotatable bonds is 5. The fraction of sp³-hybridized carbons (Fsp3) is 0.105. The number of nitrogens with zero attached hydrogens (tertiary/aromatic N) is 2. The number of nitrogens with one attached hydrogen (secondary N) is 1. The lowest BCUT2D eigenvalue weighted by Gasteiger charge is -2.27. The summed E-state index contributed by atoms with van der Waals surface area (Å²) < 4.78 is 5.70. The van der Waals surface area contributed by atoms with Crippen LogP contribution in [-0.2, 0) is 9.59 Å². The van der Waals surface area contributed by atoms with Gasteiger partial charge in [0.05, 0.1) is 4.92 Å². The Labute approximate surface area is 165 Å². The van der Waals surface area contributed by atoms with Gasteiger partial charge in [0.2, 0.25) is 0 Å². The van der Waals surface area contributed by atoms with Gasteiger partial charge in [-0.2, -0.15) is 0 Å². The van der Waals surface area contributed by atoms with E-state index in [1.807, 2.05) is 0 Å². The molecule has 1 saturated heterocycles. The zero-order valence-electron chi connectivity index (χ0n) is 14.8. The quantitative estimate of drug-likeness (QED) is 0.208. The largest absolute Gasteiger partial charge is 0.457 e. The summed E-state index contributed by atoms with van der Waals surface area (Å²) in [6.07, 6.45) is 2.83. The molecule has 1 N–H and O–H groups in total. The lowest BCUT2D eigenvalue weighted by molar-refractivity contribution is -0.385. The highest BCUT2D eigenvalue weighted by molar-refractivity contribution is 7.80. The minimum absolute atomic E-state index is 0.0143. The minimum Gasteiger partial charge on any atom is -0.457 e. The summed E-state index contributed by atoms with van der Waals surface area (Å²) in [5.41, 5.74) is 1.03. The lowest BCUT2D eigenvalue weighted by Crippen LogP contribution is -2.53. The van der Waals surface area contributed by atoms with Gasteiger partial charge in [0.15, 0.2) is 5.11 Å². The summed E-state index contributed by atoms with van der Waals surface area (Å²) in [4.78, 5) is 36.4. The van der Waals surface area contributed by atoms with Gasteiger partial charge >= 0.3 is 0 Å². The Hall–Kier alpha value is -3.59. The van der Waals surface area contributed by atoms with Crippen LogP contribution in [0.1, 0.15) is 11.3 Å². The third-order valence-electron chi connectivity index (χ3n) is 4.09. The molecule has 0 bridgehead atoms. The van der Waals surface area contributed by atoms with Crippen LogP contribution in [0.3, 0.4) is 0 Å². The smallest absolute Gasteiger partial charge is 0.272 e. The molecule has 1 fully saturated rings. The summed E-state index contributed by atoms with van der Waals surface area (Å²) in [7, 11) is 0. The normalized spacial score (nSPS) is 15.7. The van der Waals surface area contributed by atoms with E-state index in [0.717, 1.165) is 0 Å². The SMILES string of the molecule is C=CCN1C(=O)C(=Cc2ccc(-c3ccc([N+](=O)[O-])c(C)c3)o2)C(=O)NC1=S. The highest BCUT2D eigenvalue weighted by Crippen LogP contribution is 2.28. The first-order valence-electron chi connectivity index (χ1n) is 8.17. The molecule has 2 aromatic rings. The van der Waals surface area contributed by atoms with Gasteiger partial charge in [-0.3, -0.25) is 29.9 Å². The number of nitro groups is 1. The molecule has 28 heavy (non-hydrogen) atoms. The van der Waals surface area contributed by atoms with Gasteiger partial charge in [-0.25, -0.2) is 0 Å². The molecule has 3 rings (SSSR count). The molecule has 0 spiro atoms. The van der Waals surface area contributed by atoms with E-state index < -0.39 is 16.7 Å². The molecule has 0 unspecified atom stereocenters. The van der Waals surface area contributed by atoms with Crippen LogP contribution in [0.5, 0.6) is 0 Å². The van der Waals surface area contributed by atoms with Crippen molar-refractivity contribution in [2.75, 3.05) is 6.54 Å². The molecule has 142 valence electrons. The van der Waals surface area contributed by atoms with Crippen LogP contribution in [-0.4, -0.2) is 33.3 Å². The number of amides is 2. The number of benzene rings is 1. The Balaban J connectivity index is 1.91. The van der Waals surface area contributed by atoms with Crippen molar-refractivity contribution in [2.24, 2.45) is 0 Å². The molecule has 9 heteroatoms. The highest BCUT2D eigenvalue weighted by Gasteiger charge is 2.32. The van der Waals surface area contributed by atoms with Crippen LogP contribution in [0.15, 0.2) is 53.0 Å². The van der Waals surface area contributed by atoms with Crippen LogP contribution in [0.25, 0.3) is 17.4 Å². The van der Waals surface area contributed by atoms with Gasteiger partial charge in [0.25, 0.3) is 17.5 Å². The summed E-state index contributed by atoms with van der Waals surface area (Å²) >= 11 is 5.00. The number of carbonyl (C=O) groups excluding carboxylic acids is 2. The summed E-state index contributed by atoms with van der Waals surface area (Å²) in [6.45, 7) is 5.37. The van der Waals surface area contributed by atoms with Crippen molar-refractivity contribution in [3.63, 3.8) is 0 Å². The first kappa shape index (κ1) is 19.2. The van der Waals surface area contributed by atoms with E-state index in [-0.39, 0.29) is 28.7 Å². The summed E-state index contributed by atoms with van der Waals surface area (Å²) in [6, 6.07) is 7.87. The fourth-order valence-corrected chi connectivity index (χ4v) is 2.98. The number of hydrogen-bond acceptors (Lipinski definition) is 6. The monoisotopic (exact) mass is 397 g/mol. The number of nitro benzene ring substituents is 1. The van der Waals surface area contributed by atoms with Crippen molar-refractivity contribution >= 4 is 40.9 Å². The molecule has 1 aliphatic heterocycles. The van der Waals surface area contributed by atoms with Gasteiger partial charge in [-0.15, -0.1) is 6.58 Å². The van der Waals surface area contributed by atoms with Crippen LogP contribution in [0, 0.1) is 17.0 Å². The Morgan fingerprint density at radius 2 is 2.07 bits per heavy atom. The number of hydrogen-bond donors (Lipinski definition) is 1. The zero-order valence-corrected chi connectivity index (χ0v) is 15.6. The number of aryl methyl sites for hydroxylation is 1. The summed E-state index contributed by atoms with van der Waals surface area (Å²) in [5.74, 6) is -0.417. The molecule has 0 atom stereocenters. The lowest BCUT2D eigenvalue weighted by atomic mass is 10.1. The van der Waals surface area contributed by atoms with Crippen molar-refractivity contribution in [2.45, 2.75) is 6.92 Å². The second-order valence-corrected chi connectivity index (χ2v) is 6.37. The van der Waals surface area contributed by atoms with Crippen molar-refractivity contribution in [1.29, 1.82) is 0 Å². The average molecular weight is 397 g/mol. The predicted octanol–water partition coefficient (Wildman–Crippen LogP) is 2.98. The van der Waals surface area contributed by atoms with Gasteiger partial charge in [-0.1, -0.05) is 6.08 Å². The Morgan fingerprint density at radius 1 is 1.32 bits per heavy atom. The van der Waals surface area contributed by atoms with Gasteiger partial charge in [0.1, 0.15) is 17.1 Å². The van der Waals surface area contributed by atoms with E-state index >= 15 is 0 Å². The van der Waals surface area contributed by atoms with Gasteiger partial charge in [0, 0.05) is 23.7 Å². The Kier molecular flexibility index (Phi) is 5.18. The standard InChI is InChI=1S/C19H15N3O5S/c1-3-8-21-18(24)14(17(23)20-19(21)28)10-13-5-7-16(27-13)12-4-6-15(22(25)26)11(2)9-12/h3-7,9-10H,1,8H2,2H3,(H,20,23,28). The molecule has 0 aliphatic carbocycles. The molecule has 1 aromatic heterocycles. The van der Waals surface area contributed by atoms with Crippen LogP contribution >= 0.6 is 12.2 Å². The third-order valence-corrected chi connectivity index (χ3v) is 4.41. The maximum absolute atomic E-state index is 12.5. The third kappa shape index (κ3) is 3.60. The van der Waals surface area contributed by atoms with E-state index in [4.69, 9.17) is 16.6 Å². The van der Waals surface area contributed by atoms with Crippen LogP contribution < -0.4 is 5.32 Å². The first-order valence-corrected chi connectivity index (χ1v) is 8.57. The van der Waals surface area contributed by atoms with Crippen LogP contribution in [0.4, 0.5) is 5.69 Å². The first-order chi connectivity index (χ1) is 13.3. The minimum atomic E-state index is -0.612. The zero-order chi connectivity index (χ0) is 20.4. The molecule has 2 amide bonds. The molecule has 1 aliphatic rings. The highest BCUT2D eigenvalue weighted by atomic mass is 32.1. The maximum atomic E-state index is 12.5. The number of thiocarbonyl (C=S) groups is 1. The van der Waals surface area contributed by atoms with Gasteiger partial charge in [-0.05, 0) is 49.5 Å². The van der Waals surface area contributed by atoms with E-state index in [2.05, 4.69) is 11.9 Å². The Morgan fingerprint density at radius 3 is 2.71 bits per heavy atom. The van der Waals surface area contributed by atoms with E-state index in [1.165, 1.54) is 23.1 Å². The molecule has 2 heterocycles. The predicted molar refractivity (Wildman–Crippen MR) is 106 cm³/mol.